The van der Waals surface area contributed by atoms with Crippen LogP contribution in [0.2, 0.25) is 0 Å². The Balaban J connectivity index is 1.73. The van der Waals surface area contributed by atoms with Gasteiger partial charge < -0.3 is 24.0 Å². The standard InChI is InChI=1S/C30H38N2O5S/c1-22(2)19-32(29(33)18-23-8-11-25(35-3)12-9-23)21-30(34)31(20-26-7-6-16-38-26)15-14-24-10-13-27(36-4)28(17-24)37-5/h6-13,16-17,22H,14-15,18-21H2,1-5H3. The van der Waals surface area contributed by atoms with Gasteiger partial charge in [-0.1, -0.05) is 38.1 Å². The van der Waals surface area contributed by atoms with Crippen LogP contribution in [0.5, 0.6) is 17.2 Å². The van der Waals surface area contributed by atoms with Crippen LogP contribution in [0.3, 0.4) is 0 Å². The molecule has 3 aromatic rings. The summed E-state index contributed by atoms with van der Waals surface area (Å²) in [6, 6.07) is 17.3. The summed E-state index contributed by atoms with van der Waals surface area (Å²) >= 11 is 1.62. The van der Waals surface area contributed by atoms with Crippen LogP contribution in [0, 0.1) is 5.92 Å². The molecule has 2 aromatic carbocycles. The number of carbonyl (C=O) groups excluding carboxylic acids is 2. The number of thiophene rings is 1. The maximum Gasteiger partial charge on any atom is 0.242 e. The van der Waals surface area contributed by atoms with E-state index < -0.39 is 0 Å². The molecule has 204 valence electrons. The monoisotopic (exact) mass is 538 g/mol. The number of hydrogen-bond acceptors (Lipinski definition) is 6. The summed E-state index contributed by atoms with van der Waals surface area (Å²) in [5, 5.41) is 2.01. The van der Waals surface area contributed by atoms with Crippen LogP contribution in [0.4, 0.5) is 0 Å². The van der Waals surface area contributed by atoms with Gasteiger partial charge >= 0.3 is 0 Å². The second-order valence-electron chi connectivity index (χ2n) is 9.53. The largest absolute Gasteiger partial charge is 0.497 e. The number of benzene rings is 2. The van der Waals surface area contributed by atoms with Crippen molar-refractivity contribution in [3.05, 3.63) is 76.0 Å². The van der Waals surface area contributed by atoms with E-state index >= 15 is 0 Å². The van der Waals surface area contributed by atoms with Gasteiger partial charge in [0.25, 0.3) is 0 Å². The smallest absolute Gasteiger partial charge is 0.242 e. The van der Waals surface area contributed by atoms with Gasteiger partial charge in [-0.3, -0.25) is 9.59 Å². The molecule has 0 saturated heterocycles. The van der Waals surface area contributed by atoms with E-state index in [1.807, 2.05) is 64.9 Å². The van der Waals surface area contributed by atoms with Gasteiger partial charge in [0.15, 0.2) is 11.5 Å². The average molecular weight is 539 g/mol. The van der Waals surface area contributed by atoms with Gasteiger partial charge in [0.05, 0.1) is 40.8 Å². The lowest BCUT2D eigenvalue weighted by Gasteiger charge is -2.29. The zero-order valence-corrected chi connectivity index (χ0v) is 23.8. The first-order valence-electron chi connectivity index (χ1n) is 12.7. The first kappa shape index (κ1) is 29.0. The molecular weight excluding hydrogens is 500 g/mol. The molecule has 8 heteroatoms. The van der Waals surface area contributed by atoms with Gasteiger partial charge in [-0.15, -0.1) is 11.3 Å². The van der Waals surface area contributed by atoms with Crippen LogP contribution in [-0.2, 0) is 29.0 Å². The highest BCUT2D eigenvalue weighted by Crippen LogP contribution is 2.28. The molecule has 0 radical (unpaired) electrons. The highest BCUT2D eigenvalue weighted by Gasteiger charge is 2.23. The van der Waals surface area contributed by atoms with Crippen LogP contribution < -0.4 is 14.2 Å². The minimum Gasteiger partial charge on any atom is -0.497 e. The maximum atomic E-state index is 13.6. The van der Waals surface area contributed by atoms with E-state index in [9.17, 15) is 9.59 Å². The average Bonchev–Trinajstić information content (AvgIpc) is 3.43. The van der Waals surface area contributed by atoms with Gasteiger partial charge in [0.2, 0.25) is 11.8 Å². The number of hydrogen-bond donors (Lipinski definition) is 0. The van der Waals surface area contributed by atoms with Crippen molar-refractivity contribution in [3.63, 3.8) is 0 Å². The van der Waals surface area contributed by atoms with Crippen LogP contribution in [0.15, 0.2) is 60.0 Å². The molecule has 7 nitrogen and oxygen atoms in total. The Hall–Kier alpha value is -3.52. The fraction of sp³-hybridized carbons (Fsp3) is 0.400. The van der Waals surface area contributed by atoms with Crippen LogP contribution in [-0.4, -0.2) is 62.6 Å². The number of ether oxygens (including phenoxy) is 3. The highest BCUT2D eigenvalue weighted by atomic mass is 32.1. The quantitative estimate of drug-likeness (QED) is 0.287. The van der Waals surface area contributed by atoms with E-state index in [1.165, 1.54) is 0 Å². The van der Waals surface area contributed by atoms with Gasteiger partial charge in [0.1, 0.15) is 5.75 Å². The van der Waals surface area contributed by atoms with Gasteiger partial charge in [-0.25, -0.2) is 0 Å². The summed E-state index contributed by atoms with van der Waals surface area (Å²) in [6.45, 7) is 5.70. The molecule has 38 heavy (non-hydrogen) atoms. The summed E-state index contributed by atoms with van der Waals surface area (Å²) in [5.41, 5.74) is 1.93. The van der Waals surface area contributed by atoms with E-state index in [2.05, 4.69) is 13.8 Å². The first-order chi connectivity index (χ1) is 18.3. The van der Waals surface area contributed by atoms with Crippen molar-refractivity contribution >= 4 is 23.2 Å². The zero-order chi connectivity index (χ0) is 27.5. The second-order valence-corrected chi connectivity index (χ2v) is 10.6. The predicted octanol–water partition coefficient (Wildman–Crippen LogP) is 5.07. The van der Waals surface area contributed by atoms with Crippen molar-refractivity contribution in [1.29, 1.82) is 0 Å². The van der Waals surface area contributed by atoms with Crippen LogP contribution in [0.25, 0.3) is 0 Å². The number of carbonyl (C=O) groups is 2. The topological polar surface area (TPSA) is 68.3 Å². The van der Waals surface area contributed by atoms with E-state index in [-0.39, 0.29) is 30.7 Å². The summed E-state index contributed by atoms with van der Waals surface area (Å²) < 4.78 is 16.0. The molecule has 0 aliphatic rings. The predicted molar refractivity (Wildman–Crippen MR) is 151 cm³/mol. The molecule has 0 bridgehead atoms. The molecule has 1 aromatic heterocycles. The molecule has 0 saturated carbocycles. The molecule has 0 aliphatic heterocycles. The van der Waals surface area contributed by atoms with Crippen molar-refractivity contribution in [3.8, 4) is 17.2 Å². The SMILES string of the molecule is COc1ccc(CC(=O)N(CC(=O)N(CCc2ccc(OC)c(OC)c2)Cc2cccs2)CC(C)C)cc1. The normalized spacial score (nSPS) is 10.8. The van der Waals surface area contributed by atoms with Crippen molar-refractivity contribution in [1.82, 2.24) is 9.80 Å². The Kier molecular flexibility index (Phi) is 11.0. The third-order valence-electron chi connectivity index (χ3n) is 6.18. The lowest BCUT2D eigenvalue weighted by molar-refractivity contribution is -0.141. The molecule has 0 fully saturated rings. The first-order valence-corrected chi connectivity index (χ1v) is 13.6. The van der Waals surface area contributed by atoms with Crippen molar-refractivity contribution < 1.29 is 23.8 Å². The van der Waals surface area contributed by atoms with Crippen molar-refractivity contribution in [2.24, 2.45) is 5.92 Å². The summed E-state index contributed by atoms with van der Waals surface area (Å²) in [4.78, 5) is 31.5. The minimum atomic E-state index is -0.0670. The summed E-state index contributed by atoms with van der Waals surface area (Å²) in [7, 11) is 4.83. The zero-order valence-electron chi connectivity index (χ0n) is 22.9. The van der Waals surface area contributed by atoms with E-state index in [0.29, 0.717) is 37.6 Å². The summed E-state index contributed by atoms with van der Waals surface area (Å²) in [5.74, 6) is 2.18. The number of amides is 2. The van der Waals surface area contributed by atoms with Crippen LogP contribution >= 0.6 is 11.3 Å². The fourth-order valence-corrected chi connectivity index (χ4v) is 4.89. The molecule has 0 atom stereocenters. The molecule has 0 unspecified atom stereocenters. The highest BCUT2D eigenvalue weighted by molar-refractivity contribution is 7.09. The number of rotatable bonds is 14. The minimum absolute atomic E-state index is 0.0461. The van der Waals surface area contributed by atoms with Crippen molar-refractivity contribution in [2.45, 2.75) is 33.2 Å². The van der Waals surface area contributed by atoms with Crippen LogP contribution in [0.1, 0.15) is 29.9 Å². The number of methoxy groups -OCH3 is 3. The van der Waals surface area contributed by atoms with E-state index in [4.69, 9.17) is 14.2 Å². The molecule has 3 rings (SSSR count). The molecule has 1 heterocycles. The molecule has 0 spiro atoms. The Bertz CT molecular complexity index is 1160. The fourth-order valence-electron chi connectivity index (χ4n) is 4.17. The third kappa shape index (κ3) is 8.52. The summed E-state index contributed by atoms with van der Waals surface area (Å²) in [6.07, 6.45) is 0.891. The lowest BCUT2D eigenvalue weighted by atomic mass is 10.1. The lowest BCUT2D eigenvalue weighted by Crippen LogP contribution is -2.45. The second kappa shape index (κ2) is 14.4. The Morgan fingerprint density at radius 2 is 1.55 bits per heavy atom. The maximum absolute atomic E-state index is 13.6. The Morgan fingerprint density at radius 1 is 0.842 bits per heavy atom. The van der Waals surface area contributed by atoms with Gasteiger partial charge in [-0.05, 0) is 59.2 Å². The van der Waals surface area contributed by atoms with E-state index in [1.54, 1.807) is 37.6 Å². The Labute approximate surface area is 229 Å². The van der Waals surface area contributed by atoms with Gasteiger partial charge in [-0.2, -0.15) is 0 Å². The molecular formula is C30H38N2O5S. The molecule has 0 aliphatic carbocycles. The van der Waals surface area contributed by atoms with E-state index in [0.717, 1.165) is 21.8 Å². The molecule has 0 N–H and O–H groups in total. The Morgan fingerprint density at radius 3 is 2.16 bits per heavy atom. The number of nitrogens with zero attached hydrogens (tertiary/aromatic N) is 2. The van der Waals surface area contributed by atoms with Crippen molar-refractivity contribution in [2.75, 3.05) is 41.0 Å². The van der Waals surface area contributed by atoms with Gasteiger partial charge in [0, 0.05) is 18.0 Å². The third-order valence-corrected chi connectivity index (χ3v) is 7.04. The molecule has 2 amide bonds.